The van der Waals surface area contributed by atoms with Gasteiger partial charge in [0.05, 0.1) is 6.10 Å². The van der Waals surface area contributed by atoms with E-state index < -0.39 is 12.0 Å². The highest BCUT2D eigenvalue weighted by Crippen LogP contribution is 2.35. The molecule has 0 bridgehead atoms. The lowest BCUT2D eigenvalue weighted by Gasteiger charge is -2.13. The van der Waals surface area contributed by atoms with Crippen LogP contribution in [0.25, 0.3) is 0 Å². The van der Waals surface area contributed by atoms with Crippen LogP contribution in [0.1, 0.15) is 36.1 Å². The van der Waals surface area contributed by atoms with Gasteiger partial charge in [0, 0.05) is 12.5 Å². The topological polar surface area (TPSA) is 20.2 Å². The molecule has 1 nitrogen and oxygen atoms in total. The Balaban J connectivity index is 2.45. The molecular formula is C11H12F2O. The van der Waals surface area contributed by atoms with Gasteiger partial charge in [0.15, 0.2) is 0 Å². The molecule has 76 valence electrons. The zero-order valence-corrected chi connectivity index (χ0v) is 7.93. The molecule has 0 saturated carbocycles. The van der Waals surface area contributed by atoms with Gasteiger partial charge in [-0.15, -0.1) is 0 Å². The van der Waals surface area contributed by atoms with Crippen LogP contribution in [0.3, 0.4) is 0 Å². The molecule has 0 aliphatic heterocycles. The molecule has 1 aliphatic carbocycles. The van der Waals surface area contributed by atoms with Crippen LogP contribution >= 0.6 is 0 Å². The van der Waals surface area contributed by atoms with Crippen LogP contribution in [0, 0.1) is 0 Å². The smallest absolute Gasteiger partial charge is 0.270 e. The van der Waals surface area contributed by atoms with Crippen molar-refractivity contribution in [2.75, 3.05) is 0 Å². The first-order valence-electron chi connectivity index (χ1n) is 4.67. The molecule has 1 atom stereocenters. The van der Waals surface area contributed by atoms with E-state index in [4.69, 9.17) is 0 Å². The normalized spacial score (nSPS) is 21.0. The third-order valence-corrected chi connectivity index (χ3v) is 2.70. The average Bonchev–Trinajstić information content (AvgIpc) is 2.46. The van der Waals surface area contributed by atoms with E-state index in [2.05, 4.69) is 0 Å². The van der Waals surface area contributed by atoms with Gasteiger partial charge >= 0.3 is 0 Å². The van der Waals surface area contributed by atoms with Crippen molar-refractivity contribution < 1.29 is 13.9 Å². The number of hydrogen-bond acceptors (Lipinski definition) is 1. The first-order valence-corrected chi connectivity index (χ1v) is 4.67. The fourth-order valence-electron chi connectivity index (χ4n) is 1.85. The molecule has 0 unspecified atom stereocenters. The first-order chi connectivity index (χ1) is 6.48. The Kier molecular flexibility index (Phi) is 2.07. The predicted octanol–water partition coefficient (Wildman–Crippen LogP) is 2.78. The van der Waals surface area contributed by atoms with E-state index >= 15 is 0 Å². The summed E-state index contributed by atoms with van der Waals surface area (Å²) in [7, 11) is 0. The van der Waals surface area contributed by atoms with Gasteiger partial charge in [-0.25, -0.2) is 8.78 Å². The maximum atomic E-state index is 13.0. The minimum absolute atomic E-state index is 0.0165. The summed E-state index contributed by atoms with van der Waals surface area (Å²) in [4.78, 5) is 0. The molecule has 0 spiro atoms. The van der Waals surface area contributed by atoms with Crippen molar-refractivity contribution in [2.24, 2.45) is 0 Å². The second kappa shape index (κ2) is 3.02. The first kappa shape index (κ1) is 9.59. The fraction of sp³-hybridized carbons (Fsp3) is 0.455. The Labute approximate surface area is 81.4 Å². The number of fused-ring (bicyclic) bond motifs is 1. The summed E-state index contributed by atoms with van der Waals surface area (Å²) in [6.45, 7) is 0.871. The SMILES string of the molecule is CC(F)(F)c1ccc2c(c1)[C@@H](O)CC2. The van der Waals surface area contributed by atoms with Gasteiger partial charge < -0.3 is 5.11 Å². The number of alkyl halides is 2. The summed E-state index contributed by atoms with van der Waals surface area (Å²) in [6.07, 6.45) is 0.868. The van der Waals surface area contributed by atoms with Crippen molar-refractivity contribution in [1.29, 1.82) is 0 Å². The minimum atomic E-state index is -2.82. The second-order valence-corrected chi connectivity index (χ2v) is 3.86. The largest absolute Gasteiger partial charge is 0.388 e. The minimum Gasteiger partial charge on any atom is -0.388 e. The standard InChI is InChI=1S/C11H12F2O/c1-11(12,13)8-4-2-7-3-5-10(14)9(7)6-8/h2,4,6,10,14H,3,5H2,1H3/t10-/m0/s1. The molecule has 0 amide bonds. The second-order valence-electron chi connectivity index (χ2n) is 3.86. The highest BCUT2D eigenvalue weighted by atomic mass is 19.3. The summed E-state index contributed by atoms with van der Waals surface area (Å²) in [5, 5.41) is 9.53. The summed E-state index contributed by atoms with van der Waals surface area (Å²) < 4.78 is 25.9. The van der Waals surface area contributed by atoms with Gasteiger partial charge in [0.25, 0.3) is 5.92 Å². The maximum Gasteiger partial charge on any atom is 0.270 e. The zero-order valence-electron chi connectivity index (χ0n) is 7.93. The lowest BCUT2D eigenvalue weighted by atomic mass is 10.0. The van der Waals surface area contributed by atoms with Crippen molar-refractivity contribution in [1.82, 2.24) is 0 Å². The Morgan fingerprint density at radius 2 is 2.14 bits per heavy atom. The summed E-state index contributed by atoms with van der Waals surface area (Å²) in [6, 6.07) is 4.56. The number of aryl methyl sites for hydroxylation is 1. The third-order valence-electron chi connectivity index (χ3n) is 2.70. The summed E-state index contributed by atoms with van der Waals surface area (Å²) in [5.74, 6) is -2.82. The van der Waals surface area contributed by atoms with E-state index in [9.17, 15) is 13.9 Å². The van der Waals surface area contributed by atoms with Crippen LogP contribution in [0.5, 0.6) is 0 Å². The number of aliphatic hydroxyl groups excluding tert-OH is 1. The highest BCUT2D eigenvalue weighted by molar-refractivity contribution is 5.38. The highest BCUT2D eigenvalue weighted by Gasteiger charge is 2.28. The Morgan fingerprint density at radius 1 is 1.43 bits per heavy atom. The number of aliphatic hydroxyl groups is 1. The van der Waals surface area contributed by atoms with E-state index in [-0.39, 0.29) is 5.56 Å². The van der Waals surface area contributed by atoms with Crippen LogP contribution in [-0.2, 0) is 12.3 Å². The van der Waals surface area contributed by atoms with Crippen LogP contribution in [-0.4, -0.2) is 5.11 Å². The molecule has 0 radical (unpaired) electrons. The van der Waals surface area contributed by atoms with E-state index in [1.165, 1.54) is 12.1 Å². The molecule has 3 heteroatoms. The fourth-order valence-corrected chi connectivity index (χ4v) is 1.85. The van der Waals surface area contributed by atoms with Crippen LogP contribution in [0.15, 0.2) is 18.2 Å². The van der Waals surface area contributed by atoms with Crippen molar-refractivity contribution in [3.63, 3.8) is 0 Å². The lowest BCUT2D eigenvalue weighted by Crippen LogP contribution is -2.07. The maximum absolute atomic E-state index is 13.0. The zero-order chi connectivity index (χ0) is 10.3. The molecule has 2 rings (SSSR count). The summed E-state index contributed by atoms with van der Waals surface area (Å²) >= 11 is 0. The Bertz CT molecular complexity index is 355. The van der Waals surface area contributed by atoms with Gasteiger partial charge in [0.2, 0.25) is 0 Å². The molecular weight excluding hydrogens is 186 g/mol. The Hall–Kier alpha value is -0.960. The van der Waals surface area contributed by atoms with Crippen molar-refractivity contribution in [3.8, 4) is 0 Å². The van der Waals surface area contributed by atoms with Crippen molar-refractivity contribution >= 4 is 0 Å². The third kappa shape index (κ3) is 1.52. The monoisotopic (exact) mass is 198 g/mol. The molecule has 0 fully saturated rings. The van der Waals surface area contributed by atoms with Crippen LogP contribution in [0.4, 0.5) is 8.78 Å². The molecule has 0 saturated heterocycles. The Morgan fingerprint density at radius 3 is 2.79 bits per heavy atom. The van der Waals surface area contributed by atoms with Gasteiger partial charge in [0.1, 0.15) is 0 Å². The van der Waals surface area contributed by atoms with Crippen LogP contribution < -0.4 is 0 Å². The van der Waals surface area contributed by atoms with Gasteiger partial charge in [-0.3, -0.25) is 0 Å². The lowest BCUT2D eigenvalue weighted by molar-refractivity contribution is 0.0172. The van der Waals surface area contributed by atoms with Gasteiger partial charge in [-0.2, -0.15) is 0 Å². The number of halogens is 2. The number of hydrogen-bond donors (Lipinski definition) is 1. The molecule has 1 aliphatic rings. The molecule has 1 aromatic carbocycles. The van der Waals surface area contributed by atoms with Crippen LogP contribution in [0.2, 0.25) is 0 Å². The quantitative estimate of drug-likeness (QED) is 0.735. The summed E-state index contributed by atoms with van der Waals surface area (Å²) in [5.41, 5.74) is 1.65. The van der Waals surface area contributed by atoms with Crippen molar-refractivity contribution in [3.05, 3.63) is 34.9 Å². The molecule has 1 aromatic rings. The average molecular weight is 198 g/mol. The molecule has 1 N–H and O–H groups in total. The van der Waals surface area contributed by atoms with E-state index in [1.54, 1.807) is 6.07 Å². The van der Waals surface area contributed by atoms with Gasteiger partial charge in [-0.05, 0) is 30.0 Å². The number of benzene rings is 1. The molecule has 14 heavy (non-hydrogen) atoms. The van der Waals surface area contributed by atoms with E-state index in [1.807, 2.05) is 0 Å². The molecule has 0 heterocycles. The molecule has 0 aromatic heterocycles. The number of rotatable bonds is 1. The van der Waals surface area contributed by atoms with E-state index in [0.717, 1.165) is 18.9 Å². The predicted molar refractivity (Wildman–Crippen MR) is 49.3 cm³/mol. The van der Waals surface area contributed by atoms with Gasteiger partial charge in [-0.1, -0.05) is 12.1 Å². The van der Waals surface area contributed by atoms with Crippen molar-refractivity contribution in [2.45, 2.75) is 31.8 Å². The van der Waals surface area contributed by atoms with E-state index in [0.29, 0.717) is 12.0 Å².